The molecule has 0 aliphatic heterocycles. The molecule has 0 fully saturated rings. The van der Waals surface area contributed by atoms with Crippen LogP contribution in [0.25, 0.3) is 27.4 Å². The van der Waals surface area contributed by atoms with Gasteiger partial charge in [0.15, 0.2) is 0 Å². The van der Waals surface area contributed by atoms with Gasteiger partial charge in [-0.2, -0.15) is 6.08 Å². The summed E-state index contributed by atoms with van der Waals surface area (Å²) in [6.45, 7) is 6.43. The fourth-order valence-corrected chi connectivity index (χ4v) is 3.50. The number of hydrogen-bond acceptors (Lipinski definition) is 0. The molecule has 0 amide bonds. The van der Waals surface area contributed by atoms with Crippen LogP contribution in [0.4, 0.5) is 5.25 Å². The van der Waals surface area contributed by atoms with Gasteiger partial charge in [-0.1, -0.05) is 43.5 Å². The minimum absolute atomic E-state index is 0.208. The first-order chi connectivity index (χ1) is 13.9. The summed E-state index contributed by atoms with van der Waals surface area (Å²) in [7, 11) is 0. The molecule has 0 atom stereocenters. The van der Waals surface area contributed by atoms with E-state index in [2.05, 4.69) is 104 Å². The molecule has 0 unspecified atom stereocenters. The third-order valence-electron chi connectivity index (χ3n) is 4.82. The predicted octanol–water partition coefficient (Wildman–Crippen LogP) is 7.59. The number of aryl methyl sites for hydroxylation is 1. The van der Waals surface area contributed by atoms with Crippen molar-refractivity contribution in [1.82, 2.24) is 4.57 Å². The van der Waals surface area contributed by atoms with E-state index in [1.807, 2.05) is 12.2 Å². The zero-order valence-electron chi connectivity index (χ0n) is 16.8. The van der Waals surface area contributed by atoms with Gasteiger partial charge in [-0.05, 0) is 24.7 Å². The fourth-order valence-electron chi connectivity index (χ4n) is 3.50. The van der Waals surface area contributed by atoms with E-state index in [4.69, 9.17) is 0 Å². The Morgan fingerprint density at radius 2 is 1.62 bits per heavy atom. The number of aromatic nitrogens is 1. The van der Waals surface area contributed by atoms with Crippen molar-refractivity contribution in [2.45, 2.75) is 20.8 Å². The summed E-state index contributed by atoms with van der Waals surface area (Å²) in [5, 5.41) is 3.90. The summed E-state index contributed by atoms with van der Waals surface area (Å²) in [4.78, 5) is 0. The van der Waals surface area contributed by atoms with Crippen LogP contribution in [0.3, 0.4) is 0 Å². The molecule has 0 spiro atoms. The topological polar surface area (TPSA) is 4.93 Å². The van der Waals surface area contributed by atoms with Crippen molar-refractivity contribution in [3.8, 4) is 5.69 Å². The summed E-state index contributed by atoms with van der Waals surface area (Å²) in [6.07, 6.45) is 9.28. The molecule has 1 nitrogen and oxygen atoms in total. The van der Waals surface area contributed by atoms with Crippen molar-refractivity contribution in [1.29, 1.82) is 0 Å². The molecule has 1 aromatic heterocycles. The number of nitrogens with zero attached hydrogens (tertiary/aromatic N) is 1. The minimum atomic E-state index is -2.77. The summed E-state index contributed by atoms with van der Waals surface area (Å²) in [5.74, 6) is 0. The van der Waals surface area contributed by atoms with E-state index in [9.17, 15) is 5.25 Å². The Kier molecular flexibility index (Phi) is 7.08. The van der Waals surface area contributed by atoms with Crippen molar-refractivity contribution in [3.05, 3.63) is 96.7 Å². The summed E-state index contributed by atoms with van der Waals surface area (Å²) in [6, 6.07) is 23.8. The third kappa shape index (κ3) is 5.25. The first-order valence-electron chi connectivity index (χ1n) is 9.43. The maximum atomic E-state index is 9.80. The van der Waals surface area contributed by atoms with Crippen LogP contribution in [-0.4, -0.2) is 4.57 Å². The van der Waals surface area contributed by atoms with Gasteiger partial charge in [-0.25, -0.2) is 12.2 Å². The van der Waals surface area contributed by atoms with Crippen molar-refractivity contribution in [3.63, 3.8) is 0 Å². The number of allylic oxidation sites excluding steroid dienone is 4. The van der Waals surface area contributed by atoms with Crippen molar-refractivity contribution >= 4 is 21.7 Å². The molecule has 1 aliphatic rings. The average Bonchev–Trinajstić information content (AvgIpc) is 3.37. The van der Waals surface area contributed by atoms with Crippen LogP contribution in [0, 0.1) is 18.4 Å². The molecule has 3 aromatic carbocycles. The molecule has 1 aliphatic carbocycles. The SMILES string of the molecule is CC1(C)[C-]=CC=C1.Cc1cc2ccccc2n1-c1cc2ccccc2[cH-]1.[F][Zr+2][F]. The van der Waals surface area contributed by atoms with Gasteiger partial charge >= 0.3 is 29.7 Å². The Morgan fingerprint density at radius 1 is 0.966 bits per heavy atom. The van der Waals surface area contributed by atoms with Gasteiger partial charge in [0.2, 0.25) is 0 Å². The Balaban J connectivity index is 0.000000201. The summed E-state index contributed by atoms with van der Waals surface area (Å²) in [5.41, 5.74) is 4.01. The molecular weight excluding hydrogens is 444 g/mol. The fraction of sp³-hybridized carbons (Fsp3) is 0.160. The van der Waals surface area contributed by atoms with Crippen LogP contribution in [0.1, 0.15) is 19.5 Å². The second-order valence-corrected chi connectivity index (χ2v) is 7.84. The van der Waals surface area contributed by atoms with Crippen molar-refractivity contribution in [2.24, 2.45) is 5.41 Å². The molecule has 1 heterocycles. The van der Waals surface area contributed by atoms with Crippen molar-refractivity contribution in [2.75, 3.05) is 0 Å². The van der Waals surface area contributed by atoms with Crippen LogP contribution in [0.15, 0.2) is 85.0 Å². The average molecular weight is 467 g/mol. The van der Waals surface area contributed by atoms with Gasteiger partial charge in [0.05, 0.1) is 5.52 Å². The van der Waals surface area contributed by atoms with Gasteiger partial charge in [-0.3, -0.25) is 6.08 Å². The molecule has 0 radical (unpaired) electrons. The van der Waals surface area contributed by atoms with Gasteiger partial charge in [0.1, 0.15) is 0 Å². The number of halogens is 2. The maximum absolute atomic E-state index is 9.80. The number of rotatable bonds is 1. The van der Waals surface area contributed by atoms with E-state index in [0.717, 1.165) is 0 Å². The second kappa shape index (κ2) is 9.54. The van der Waals surface area contributed by atoms with Gasteiger partial charge < -0.3 is 4.57 Å². The van der Waals surface area contributed by atoms with Crippen LogP contribution in [-0.2, 0) is 24.5 Å². The van der Waals surface area contributed by atoms with Crippen LogP contribution < -0.4 is 0 Å². The van der Waals surface area contributed by atoms with Crippen LogP contribution in [0.5, 0.6) is 0 Å². The summed E-state index contributed by atoms with van der Waals surface area (Å²) < 4.78 is 21.9. The first-order valence-corrected chi connectivity index (χ1v) is 11.3. The summed E-state index contributed by atoms with van der Waals surface area (Å²) >= 11 is -2.77. The molecule has 4 heteroatoms. The zero-order valence-corrected chi connectivity index (χ0v) is 19.2. The molecule has 146 valence electrons. The Hall–Kier alpha value is -2.19. The molecule has 0 N–H and O–H groups in total. The predicted molar refractivity (Wildman–Crippen MR) is 114 cm³/mol. The normalized spacial score (nSPS) is 13.6. The van der Waals surface area contributed by atoms with Gasteiger partial charge in [0, 0.05) is 11.1 Å². The van der Waals surface area contributed by atoms with Crippen LogP contribution >= 0.6 is 0 Å². The van der Waals surface area contributed by atoms with E-state index in [1.54, 1.807) is 0 Å². The number of benzene rings is 2. The Morgan fingerprint density at radius 3 is 2.21 bits per heavy atom. The zero-order chi connectivity index (χ0) is 20.9. The Labute approximate surface area is 184 Å². The standard InChI is InChI=1S/C18H14N.C7H9.2FH.Zr/c1-13-10-16-8-4-5-9-18(16)19(13)17-11-14-6-2-3-7-15(14)12-17;1-7(2)5-3-4-6-7;;;/h2-12H,1H3;3-5H,1-2H3;2*1H;/q2*-1;;;+4/p-2. The second-order valence-electron chi connectivity index (χ2n) is 7.49. The quantitative estimate of drug-likeness (QED) is 0.255. The first kappa shape index (κ1) is 21.5. The number of fused-ring (bicyclic) bond motifs is 2. The molecule has 0 saturated heterocycles. The molecule has 29 heavy (non-hydrogen) atoms. The van der Waals surface area contributed by atoms with Crippen molar-refractivity contribution < 1.29 is 29.7 Å². The monoisotopic (exact) mass is 465 g/mol. The van der Waals surface area contributed by atoms with E-state index in [1.165, 1.54) is 33.1 Å². The van der Waals surface area contributed by atoms with Gasteiger partial charge in [-0.15, -0.1) is 41.1 Å². The molecule has 5 rings (SSSR count). The molecule has 0 saturated carbocycles. The molecule has 4 aromatic rings. The van der Waals surface area contributed by atoms with Crippen LogP contribution in [0.2, 0.25) is 0 Å². The third-order valence-corrected chi connectivity index (χ3v) is 4.82. The van der Waals surface area contributed by atoms with E-state index < -0.39 is 24.5 Å². The van der Waals surface area contributed by atoms with E-state index in [-0.39, 0.29) is 5.41 Å². The number of para-hydroxylation sites is 1. The molecule has 0 bridgehead atoms. The Bertz CT molecular complexity index is 1100. The molecular formula is C25H23F2NZr. The number of hydrogen-bond donors (Lipinski definition) is 0. The van der Waals surface area contributed by atoms with E-state index >= 15 is 0 Å². The van der Waals surface area contributed by atoms with E-state index in [0.29, 0.717) is 0 Å². The van der Waals surface area contributed by atoms with Gasteiger partial charge in [0.25, 0.3) is 0 Å².